The summed E-state index contributed by atoms with van der Waals surface area (Å²) < 4.78 is 33.4. The Morgan fingerprint density at radius 1 is 1.03 bits per heavy atom. The van der Waals surface area contributed by atoms with Crippen molar-refractivity contribution in [1.29, 1.82) is 0 Å². The molecule has 0 saturated heterocycles. The molecule has 0 spiro atoms. The van der Waals surface area contributed by atoms with Crippen LogP contribution in [0.4, 0.5) is 8.78 Å². The van der Waals surface area contributed by atoms with Crippen LogP contribution in [0.15, 0.2) is 48.5 Å². The molecule has 1 aliphatic carbocycles. The second-order valence-electron chi connectivity index (χ2n) is 7.85. The summed E-state index contributed by atoms with van der Waals surface area (Å²) in [6, 6.07) is 11.1. The van der Waals surface area contributed by atoms with Crippen molar-refractivity contribution in [3.05, 3.63) is 65.7 Å². The van der Waals surface area contributed by atoms with E-state index in [1.54, 1.807) is 31.2 Å². The van der Waals surface area contributed by atoms with Gasteiger partial charge in [-0.1, -0.05) is 49.6 Å². The molecule has 1 atom stereocenters. The SMILES string of the molecule is C[C@@H](C(=O)NC1CCCCC1)N(Cc1ccccc1F)C(=O)COc1ccccc1F. The highest BCUT2D eigenvalue weighted by Gasteiger charge is 2.29. The standard InChI is InChI=1S/C24H28F2N2O3/c1-17(24(30)27-19-10-3-2-4-11-19)28(15-18-9-5-6-12-20(18)25)23(29)16-31-22-14-8-7-13-21(22)26/h5-9,12-14,17,19H,2-4,10-11,15-16H2,1H3,(H,27,30)/t17-/m0/s1. The predicted molar refractivity (Wildman–Crippen MR) is 113 cm³/mol. The first-order valence-corrected chi connectivity index (χ1v) is 10.7. The predicted octanol–water partition coefficient (Wildman–Crippen LogP) is 4.21. The number of amides is 2. The van der Waals surface area contributed by atoms with Crippen molar-refractivity contribution < 1.29 is 23.1 Å². The van der Waals surface area contributed by atoms with E-state index in [1.807, 2.05) is 0 Å². The molecule has 31 heavy (non-hydrogen) atoms. The average molecular weight is 430 g/mol. The van der Waals surface area contributed by atoms with Gasteiger partial charge in [0.05, 0.1) is 0 Å². The van der Waals surface area contributed by atoms with E-state index in [1.165, 1.54) is 29.2 Å². The molecule has 2 aromatic rings. The van der Waals surface area contributed by atoms with Crippen molar-refractivity contribution in [3.63, 3.8) is 0 Å². The lowest BCUT2D eigenvalue weighted by atomic mass is 9.95. The normalized spacial score (nSPS) is 15.2. The van der Waals surface area contributed by atoms with Gasteiger partial charge >= 0.3 is 0 Å². The molecular formula is C24H28F2N2O3. The minimum absolute atomic E-state index is 0.0546. The lowest BCUT2D eigenvalue weighted by Gasteiger charge is -2.31. The van der Waals surface area contributed by atoms with Crippen molar-refractivity contribution in [2.45, 2.75) is 57.7 Å². The van der Waals surface area contributed by atoms with Crippen LogP contribution >= 0.6 is 0 Å². The number of carbonyl (C=O) groups is 2. The van der Waals surface area contributed by atoms with Crippen LogP contribution in [0.2, 0.25) is 0 Å². The molecule has 0 bridgehead atoms. The lowest BCUT2D eigenvalue weighted by Crippen LogP contribution is -2.51. The number of nitrogens with zero attached hydrogens (tertiary/aromatic N) is 1. The van der Waals surface area contributed by atoms with Gasteiger partial charge in [0, 0.05) is 18.2 Å². The molecule has 166 valence electrons. The summed E-state index contributed by atoms with van der Waals surface area (Å²) in [5, 5.41) is 3.01. The molecule has 1 fully saturated rings. The third kappa shape index (κ3) is 6.26. The van der Waals surface area contributed by atoms with Crippen molar-refractivity contribution in [3.8, 4) is 5.75 Å². The number of benzene rings is 2. The molecule has 1 N–H and O–H groups in total. The third-order valence-electron chi connectivity index (χ3n) is 5.61. The summed E-state index contributed by atoms with van der Waals surface area (Å²) in [6.07, 6.45) is 5.11. The molecule has 7 heteroatoms. The maximum Gasteiger partial charge on any atom is 0.261 e. The van der Waals surface area contributed by atoms with Crippen LogP contribution in [0.1, 0.15) is 44.6 Å². The first-order chi connectivity index (χ1) is 15.0. The third-order valence-corrected chi connectivity index (χ3v) is 5.61. The van der Waals surface area contributed by atoms with Crippen LogP contribution in [0, 0.1) is 11.6 Å². The van der Waals surface area contributed by atoms with Crippen LogP contribution in [-0.2, 0) is 16.1 Å². The van der Waals surface area contributed by atoms with E-state index in [2.05, 4.69) is 5.32 Å². The first kappa shape index (κ1) is 22.7. The van der Waals surface area contributed by atoms with E-state index < -0.39 is 30.2 Å². The molecule has 0 heterocycles. The minimum Gasteiger partial charge on any atom is -0.481 e. The van der Waals surface area contributed by atoms with Crippen LogP contribution in [-0.4, -0.2) is 35.4 Å². The zero-order valence-corrected chi connectivity index (χ0v) is 17.7. The fourth-order valence-corrected chi connectivity index (χ4v) is 3.75. The van der Waals surface area contributed by atoms with E-state index in [4.69, 9.17) is 4.74 Å². The molecular weight excluding hydrogens is 402 g/mol. The van der Waals surface area contributed by atoms with Gasteiger partial charge in [-0.05, 0) is 38.0 Å². The number of ether oxygens (including phenoxy) is 1. The highest BCUT2D eigenvalue weighted by molar-refractivity contribution is 5.88. The Morgan fingerprint density at radius 3 is 2.35 bits per heavy atom. The van der Waals surface area contributed by atoms with Crippen molar-refractivity contribution in [2.24, 2.45) is 0 Å². The summed E-state index contributed by atoms with van der Waals surface area (Å²) in [7, 11) is 0. The summed E-state index contributed by atoms with van der Waals surface area (Å²) in [5.74, 6) is -1.92. The molecule has 0 radical (unpaired) electrons. The number of halogens is 2. The Morgan fingerprint density at radius 2 is 1.68 bits per heavy atom. The molecule has 0 unspecified atom stereocenters. The second-order valence-corrected chi connectivity index (χ2v) is 7.85. The minimum atomic E-state index is -0.835. The first-order valence-electron chi connectivity index (χ1n) is 10.7. The van der Waals surface area contributed by atoms with E-state index in [9.17, 15) is 18.4 Å². The maximum atomic E-state index is 14.2. The molecule has 3 rings (SSSR count). The monoisotopic (exact) mass is 430 g/mol. The molecule has 5 nitrogen and oxygen atoms in total. The zero-order valence-electron chi connectivity index (χ0n) is 17.7. The molecule has 0 aromatic heterocycles. The van der Waals surface area contributed by atoms with Gasteiger partial charge in [-0.3, -0.25) is 9.59 Å². The molecule has 2 aromatic carbocycles. The van der Waals surface area contributed by atoms with Crippen LogP contribution in [0.3, 0.4) is 0 Å². The number of nitrogens with one attached hydrogen (secondary N) is 1. The number of carbonyl (C=O) groups excluding carboxylic acids is 2. The summed E-state index contributed by atoms with van der Waals surface area (Å²) in [5.41, 5.74) is 0.291. The Labute approximate surface area is 181 Å². The van der Waals surface area contributed by atoms with Gasteiger partial charge in [0.1, 0.15) is 11.9 Å². The van der Waals surface area contributed by atoms with Crippen molar-refractivity contribution in [2.75, 3.05) is 6.61 Å². The molecule has 2 amide bonds. The largest absolute Gasteiger partial charge is 0.481 e. The van der Waals surface area contributed by atoms with Gasteiger partial charge in [0.15, 0.2) is 18.2 Å². The molecule has 1 saturated carbocycles. The van der Waals surface area contributed by atoms with Crippen LogP contribution < -0.4 is 10.1 Å². The van der Waals surface area contributed by atoms with Gasteiger partial charge in [-0.15, -0.1) is 0 Å². The zero-order chi connectivity index (χ0) is 22.2. The van der Waals surface area contributed by atoms with E-state index in [0.29, 0.717) is 5.56 Å². The van der Waals surface area contributed by atoms with Crippen LogP contribution in [0.25, 0.3) is 0 Å². The van der Waals surface area contributed by atoms with Crippen molar-refractivity contribution >= 4 is 11.8 Å². The Bertz CT molecular complexity index is 900. The number of rotatable bonds is 8. The topological polar surface area (TPSA) is 58.6 Å². The summed E-state index contributed by atoms with van der Waals surface area (Å²) >= 11 is 0. The van der Waals surface area contributed by atoms with Crippen molar-refractivity contribution in [1.82, 2.24) is 10.2 Å². The Kier molecular flexibility index (Phi) is 7.98. The number of para-hydroxylation sites is 1. The van der Waals surface area contributed by atoms with E-state index in [-0.39, 0.29) is 24.2 Å². The van der Waals surface area contributed by atoms with Gasteiger partial charge in [0.2, 0.25) is 5.91 Å². The maximum absolute atomic E-state index is 14.2. The number of hydrogen-bond acceptors (Lipinski definition) is 3. The average Bonchev–Trinajstić information content (AvgIpc) is 2.78. The fourth-order valence-electron chi connectivity index (χ4n) is 3.75. The van der Waals surface area contributed by atoms with E-state index in [0.717, 1.165) is 32.1 Å². The number of hydrogen-bond donors (Lipinski definition) is 1. The highest BCUT2D eigenvalue weighted by atomic mass is 19.1. The highest BCUT2D eigenvalue weighted by Crippen LogP contribution is 2.19. The van der Waals surface area contributed by atoms with E-state index >= 15 is 0 Å². The van der Waals surface area contributed by atoms with Crippen LogP contribution in [0.5, 0.6) is 5.75 Å². The lowest BCUT2D eigenvalue weighted by molar-refractivity contribution is -0.142. The summed E-state index contributed by atoms with van der Waals surface area (Å²) in [4.78, 5) is 27.1. The Balaban J connectivity index is 1.72. The van der Waals surface area contributed by atoms with Gasteiger partial charge in [-0.2, -0.15) is 0 Å². The molecule has 0 aliphatic heterocycles. The second kappa shape index (κ2) is 10.9. The van der Waals surface area contributed by atoms with Gasteiger partial charge in [-0.25, -0.2) is 8.78 Å². The quantitative estimate of drug-likeness (QED) is 0.683. The van der Waals surface area contributed by atoms with Gasteiger partial charge < -0.3 is 15.0 Å². The fraction of sp³-hybridized carbons (Fsp3) is 0.417. The summed E-state index contributed by atoms with van der Waals surface area (Å²) in [6.45, 7) is 1.06. The van der Waals surface area contributed by atoms with Gasteiger partial charge in [0.25, 0.3) is 5.91 Å². The smallest absolute Gasteiger partial charge is 0.261 e. The Hall–Kier alpha value is -2.96. The molecule has 1 aliphatic rings.